The Morgan fingerprint density at radius 2 is 1.72 bits per heavy atom. The fraction of sp³-hybridized carbons (Fsp3) is 0.158. The van der Waals surface area contributed by atoms with Gasteiger partial charge in [0.25, 0.3) is 11.8 Å². The average Bonchev–Trinajstić information content (AvgIpc) is 2.71. The second kappa shape index (κ2) is 11.3. The normalized spacial score (nSPS) is 9.86. The van der Waals surface area contributed by atoms with Crippen LogP contribution in [0, 0.1) is 3.57 Å². The first-order chi connectivity index (χ1) is 13.9. The number of esters is 1. The van der Waals surface area contributed by atoms with Crippen LogP contribution in [-0.4, -0.2) is 36.1 Å². The van der Waals surface area contributed by atoms with Gasteiger partial charge in [-0.15, -0.1) is 0 Å². The molecule has 2 aromatic carbocycles. The molecule has 10 heteroatoms. The summed E-state index contributed by atoms with van der Waals surface area (Å²) in [7, 11) is 0. The van der Waals surface area contributed by atoms with Crippen molar-refractivity contribution >= 4 is 57.7 Å². The van der Waals surface area contributed by atoms with E-state index in [4.69, 9.17) is 21.7 Å². The van der Waals surface area contributed by atoms with Crippen molar-refractivity contribution in [2.45, 2.75) is 6.92 Å². The summed E-state index contributed by atoms with van der Waals surface area (Å²) in [6.07, 6.45) is 0. The molecule has 2 amide bonds. The summed E-state index contributed by atoms with van der Waals surface area (Å²) in [5.74, 6) is -0.922. The molecule has 0 saturated heterocycles. The van der Waals surface area contributed by atoms with Gasteiger partial charge in [0.1, 0.15) is 5.75 Å². The smallest absolute Gasteiger partial charge is 0.338 e. The van der Waals surface area contributed by atoms with Crippen LogP contribution < -0.4 is 20.9 Å². The predicted octanol–water partition coefficient (Wildman–Crippen LogP) is 2.18. The largest absolute Gasteiger partial charge is 0.484 e. The molecular weight excluding hydrogens is 509 g/mol. The Hall–Kier alpha value is -2.73. The van der Waals surface area contributed by atoms with Crippen LogP contribution in [0.4, 0.5) is 0 Å². The van der Waals surface area contributed by atoms with Gasteiger partial charge in [0.05, 0.1) is 17.7 Å². The lowest BCUT2D eigenvalue weighted by Crippen LogP contribution is -2.49. The summed E-state index contributed by atoms with van der Waals surface area (Å²) in [4.78, 5) is 35.6. The maximum absolute atomic E-state index is 12.1. The molecule has 0 unspecified atom stereocenters. The Kier molecular flexibility index (Phi) is 8.80. The molecule has 0 saturated carbocycles. The second-order valence-electron chi connectivity index (χ2n) is 5.47. The number of rotatable bonds is 6. The van der Waals surface area contributed by atoms with E-state index in [1.54, 1.807) is 49.4 Å². The minimum Gasteiger partial charge on any atom is -0.484 e. The molecule has 0 aliphatic carbocycles. The SMILES string of the molecule is CCOC(=O)c1ccc(OCC(=O)NNC(=S)NC(=O)c2ccccc2I)cc1. The number of thiocarbonyl (C=S) groups is 1. The number of ether oxygens (including phenoxy) is 2. The van der Waals surface area contributed by atoms with Crippen molar-refractivity contribution in [2.75, 3.05) is 13.2 Å². The molecule has 0 atom stereocenters. The molecule has 8 nitrogen and oxygen atoms in total. The standard InChI is InChI=1S/C19H18IN3O5S/c1-2-27-18(26)12-7-9-13(10-8-12)28-11-16(24)22-23-19(29)21-17(25)14-5-3-4-6-15(14)20/h3-10H,2,11H2,1H3,(H,22,24)(H2,21,23,25,29). The lowest BCUT2D eigenvalue weighted by Gasteiger charge is -2.12. The number of carbonyl (C=O) groups excluding carboxylic acids is 3. The third-order valence-electron chi connectivity index (χ3n) is 3.40. The van der Waals surface area contributed by atoms with Crippen molar-refractivity contribution in [2.24, 2.45) is 0 Å². The van der Waals surface area contributed by atoms with E-state index in [2.05, 4.69) is 16.2 Å². The zero-order valence-electron chi connectivity index (χ0n) is 15.4. The van der Waals surface area contributed by atoms with Crippen molar-refractivity contribution in [1.29, 1.82) is 0 Å². The van der Waals surface area contributed by atoms with Crippen molar-refractivity contribution < 1.29 is 23.9 Å². The van der Waals surface area contributed by atoms with Gasteiger partial charge in [0.15, 0.2) is 11.7 Å². The van der Waals surface area contributed by atoms with Crippen molar-refractivity contribution in [3.63, 3.8) is 0 Å². The molecule has 0 aromatic heterocycles. The van der Waals surface area contributed by atoms with Gasteiger partial charge in [-0.05, 0) is 78.1 Å². The fourth-order valence-corrected chi connectivity index (χ4v) is 2.84. The Morgan fingerprint density at radius 3 is 2.38 bits per heavy atom. The van der Waals surface area contributed by atoms with Crippen LogP contribution in [0.1, 0.15) is 27.6 Å². The molecule has 0 aliphatic rings. The van der Waals surface area contributed by atoms with Gasteiger partial charge >= 0.3 is 5.97 Å². The lowest BCUT2D eigenvalue weighted by atomic mass is 10.2. The summed E-state index contributed by atoms with van der Waals surface area (Å²) in [5, 5.41) is 2.42. The Labute approximate surface area is 186 Å². The van der Waals surface area contributed by atoms with Gasteiger partial charge in [-0.2, -0.15) is 0 Å². The van der Waals surface area contributed by atoms with E-state index < -0.39 is 11.9 Å². The molecule has 0 radical (unpaired) electrons. The van der Waals surface area contributed by atoms with E-state index in [0.29, 0.717) is 16.9 Å². The summed E-state index contributed by atoms with van der Waals surface area (Å²) < 4.78 is 11.0. The quantitative estimate of drug-likeness (QED) is 0.229. The Morgan fingerprint density at radius 1 is 1.03 bits per heavy atom. The highest BCUT2D eigenvalue weighted by Crippen LogP contribution is 2.13. The topological polar surface area (TPSA) is 106 Å². The first kappa shape index (κ1) is 22.6. The van der Waals surface area contributed by atoms with Crippen LogP contribution in [0.2, 0.25) is 0 Å². The van der Waals surface area contributed by atoms with Crippen LogP contribution in [0.5, 0.6) is 5.75 Å². The number of amides is 2. The molecule has 2 rings (SSSR count). The third kappa shape index (κ3) is 7.31. The van der Waals surface area contributed by atoms with E-state index in [0.717, 1.165) is 3.57 Å². The Bertz CT molecular complexity index is 905. The molecule has 0 fully saturated rings. The number of carbonyl (C=O) groups is 3. The average molecular weight is 527 g/mol. The minimum atomic E-state index is -0.509. The molecule has 0 heterocycles. The highest BCUT2D eigenvalue weighted by molar-refractivity contribution is 14.1. The molecule has 0 bridgehead atoms. The minimum absolute atomic E-state index is 0.0539. The van der Waals surface area contributed by atoms with E-state index >= 15 is 0 Å². The molecule has 3 N–H and O–H groups in total. The zero-order chi connectivity index (χ0) is 21.2. The number of hydrogen-bond donors (Lipinski definition) is 3. The number of hydrazine groups is 1. The lowest BCUT2D eigenvalue weighted by molar-refractivity contribution is -0.123. The molecule has 2 aromatic rings. The van der Waals surface area contributed by atoms with Crippen molar-refractivity contribution in [3.05, 3.63) is 63.2 Å². The van der Waals surface area contributed by atoms with Crippen LogP contribution in [0.15, 0.2) is 48.5 Å². The van der Waals surface area contributed by atoms with E-state index in [-0.39, 0.29) is 24.2 Å². The first-order valence-electron chi connectivity index (χ1n) is 8.45. The van der Waals surface area contributed by atoms with Gasteiger partial charge in [-0.1, -0.05) is 12.1 Å². The molecule has 152 valence electrons. The van der Waals surface area contributed by atoms with Crippen LogP contribution in [0.25, 0.3) is 0 Å². The first-order valence-corrected chi connectivity index (χ1v) is 9.94. The monoisotopic (exact) mass is 527 g/mol. The second-order valence-corrected chi connectivity index (χ2v) is 7.04. The molecule has 0 aliphatic heterocycles. The van der Waals surface area contributed by atoms with Gasteiger partial charge in [-0.25, -0.2) is 4.79 Å². The maximum atomic E-state index is 12.1. The van der Waals surface area contributed by atoms with Crippen LogP contribution in [-0.2, 0) is 9.53 Å². The summed E-state index contributed by atoms with van der Waals surface area (Å²) in [6.45, 7) is 1.72. The number of halogens is 1. The van der Waals surface area contributed by atoms with Gasteiger partial charge < -0.3 is 9.47 Å². The summed E-state index contributed by atoms with van der Waals surface area (Å²) in [6, 6.07) is 13.2. The van der Waals surface area contributed by atoms with Gasteiger partial charge in [0, 0.05) is 3.57 Å². The molecular formula is C19H18IN3O5S. The number of nitrogens with one attached hydrogen (secondary N) is 3. The van der Waals surface area contributed by atoms with E-state index in [1.807, 2.05) is 28.7 Å². The fourth-order valence-electron chi connectivity index (χ4n) is 2.06. The van der Waals surface area contributed by atoms with Gasteiger partial charge in [0.2, 0.25) is 0 Å². The number of benzene rings is 2. The summed E-state index contributed by atoms with van der Waals surface area (Å²) >= 11 is 7.03. The third-order valence-corrected chi connectivity index (χ3v) is 4.54. The molecule has 29 heavy (non-hydrogen) atoms. The van der Waals surface area contributed by atoms with Crippen LogP contribution >= 0.6 is 34.8 Å². The van der Waals surface area contributed by atoms with E-state index in [1.165, 1.54) is 0 Å². The zero-order valence-corrected chi connectivity index (χ0v) is 18.3. The predicted molar refractivity (Wildman–Crippen MR) is 118 cm³/mol. The molecule has 0 spiro atoms. The van der Waals surface area contributed by atoms with Gasteiger partial charge in [-0.3, -0.25) is 25.8 Å². The highest BCUT2D eigenvalue weighted by Gasteiger charge is 2.11. The van der Waals surface area contributed by atoms with Crippen molar-refractivity contribution in [1.82, 2.24) is 16.2 Å². The van der Waals surface area contributed by atoms with Crippen LogP contribution in [0.3, 0.4) is 0 Å². The maximum Gasteiger partial charge on any atom is 0.338 e. The van der Waals surface area contributed by atoms with E-state index in [9.17, 15) is 14.4 Å². The summed E-state index contributed by atoms with van der Waals surface area (Å²) in [5.41, 5.74) is 5.62. The van der Waals surface area contributed by atoms with Crippen molar-refractivity contribution in [3.8, 4) is 5.75 Å². The number of hydrogen-bond acceptors (Lipinski definition) is 6. The Balaban J connectivity index is 1.74. The highest BCUT2D eigenvalue weighted by atomic mass is 127.